The number of halogens is 1. The number of hydrogen-bond donors (Lipinski definition) is 1. The van der Waals surface area contributed by atoms with Crippen LogP contribution in [-0.2, 0) is 6.42 Å². The van der Waals surface area contributed by atoms with E-state index in [1.807, 2.05) is 23.1 Å². The molecular weight excluding hydrogens is 422 g/mol. The molecule has 1 saturated heterocycles. The smallest absolute Gasteiger partial charge is 0.258 e. The van der Waals surface area contributed by atoms with Crippen molar-refractivity contribution in [2.24, 2.45) is 0 Å². The van der Waals surface area contributed by atoms with E-state index in [9.17, 15) is 4.79 Å². The Morgan fingerprint density at radius 1 is 1.18 bits per heavy atom. The van der Waals surface area contributed by atoms with E-state index in [2.05, 4.69) is 42.3 Å². The summed E-state index contributed by atoms with van der Waals surface area (Å²) < 4.78 is 6.10. The average Bonchev–Trinajstić information content (AvgIpc) is 3.32. The Bertz CT molecular complexity index is 1010. The van der Waals surface area contributed by atoms with Crippen LogP contribution >= 0.6 is 15.9 Å². The van der Waals surface area contributed by atoms with Crippen LogP contribution in [0.3, 0.4) is 0 Å². The summed E-state index contributed by atoms with van der Waals surface area (Å²) >= 11 is 3.38. The lowest BCUT2D eigenvalue weighted by Crippen LogP contribution is -2.44. The summed E-state index contributed by atoms with van der Waals surface area (Å²) in [5.74, 6) is 0.520. The van der Waals surface area contributed by atoms with Gasteiger partial charge in [-0.3, -0.25) is 9.89 Å². The molecule has 2 aliphatic heterocycles. The molecule has 1 aromatic carbocycles. The number of aromatic amines is 1. The predicted octanol–water partition coefficient (Wildman–Crippen LogP) is 3.19. The molecule has 1 fully saturated rings. The lowest BCUT2D eigenvalue weighted by Gasteiger charge is -2.34. The maximum absolute atomic E-state index is 12.7. The van der Waals surface area contributed by atoms with Gasteiger partial charge in [-0.2, -0.15) is 5.10 Å². The third-order valence-electron chi connectivity index (χ3n) is 6.00. The molecule has 3 aromatic rings. The minimum absolute atomic E-state index is 0.0748. The topological polar surface area (TPSA) is 78.3 Å². The van der Waals surface area contributed by atoms with E-state index < -0.39 is 0 Å². The molecule has 0 atom stereocenters. The van der Waals surface area contributed by atoms with Crippen LogP contribution < -0.4 is 0 Å². The van der Waals surface area contributed by atoms with Crippen LogP contribution in [0.1, 0.15) is 40.5 Å². The van der Waals surface area contributed by atoms with Crippen molar-refractivity contribution in [3.8, 4) is 0 Å². The number of benzene rings is 1. The molecule has 0 radical (unpaired) electrons. The molecule has 0 aliphatic carbocycles. The largest absolute Gasteiger partial charge is 0.356 e. The highest BCUT2D eigenvalue weighted by molar-refractivity contribution is 9.10. The Kier molecular flexibility index (Phi) is 4.68. The van der Waals surface area contributed by atoms with Gasteiger partial charge < -0.3 is 14.3 Å². The van der Waals surface area contributed by atoms with Crippen molar-refractivity contribution in [3.05, 3.63) is 45.8 Å². The van der Waals surface area contributed by atoms with Crippen molar-refractivity contribution in [1.29, 1.82) is 0 Å². The van der Waals surface area contributed by atoms with Crippen molar-refractivity contribution >= 4 is 32.8 Å². The molecule has 7 nitrogen and oxygen atoms in total. The molecular formula is C20H22BrN5O2. The summed E-state index contributed by atoms with van der Waals surface area (Å²) in [7, 11) is 0. The number of amides is 1. The Morgan fingerprint density at radius 2 is 2.00 bits per heavy atom. The van der Waals surface area contributed by atoms with E-state index in [4.69, 9.17) is 4.52 Å². The summed E-state index contributed by atoms with van der Waals surface area (Å²) in [5.41, 5.74) is 3.60. The van der Waals surface area contributed by atoms with Crippen molar-refractivity contribution in [2.45, 2.75) is 25.2 Å². The molecule has 1 N–H and O–H groups in total. The van der Waals surface area contributed by atoms with Crippen molar-refractivity contribution in [1.82, 2.24) is 25.2 Å². The monoisotopic (exact) mass is 443 g/mol. The molecule has 2 aliphatic rings. The van der Waals surface area contributed by atoms with Gasteiger partial charge in [0.05, 0.1) is 17.0 Å². The lowest BCUT2D eigenvalue weighted by atomic mass is 9.91. The molecule has 28 heavy (non-hydrogen) atoms. The van der Waals surface area contributed by atoms with E-state index in [-0.39, 0.29) is 5.91 Å². The summed E-state index contributed by atoms with van der Waals surface area (Å²) in [6.45, 7) is 4.46. The molecule has 4 heterocycles. The number of rotatable bonds is 4. The number of nitrogens with one attached hydrogen (secondary N) is 1. The molecule has 0 bridgehead atoms. The fourth-order valence-corrected chi connectivity index (χ4v) is 4.86. The Labute approximate surface area is 171 Å². The Balaban J connectivity index is 1.17. The van der Waals surface area contributed by atoms with Crippen molar-refractivity contribution in [3.63, 3.8) is 0 Å². The van der Waals surface area contributed by atoms with E-state index in [1.165, 1.54) is 0 Å². The van der Waals surface area contributed by atoms with Gasteiger partial charge in [0, 0.05) is 37.4 Å². The van der Waals surface area contributed by atoms with Gasteiger partial charge >= 0.3 is 0 Å². The van der Waals surface area contributed by atoms with Crippen LogP contribution in [0.15, 0.2) is 33.4 Å². The highest BCUT2D eigenvalue weighted by atomic mass is 79.9. The van der Waals surface area contributed by atoms with E-state index in [0.29, 0.717) is 16.1 Å². The highest BCUT2D eigenvalue weighted by Crippen LogP contribution is 2.32. The number of para-hydroxylation sites is 1. The maximum Gasteiger partial charge on any atom is 0.258 e. The molecule has 0 spiro atoms. The lowest BCUT2D eigenvalue weighted by molar-refractivity contribution is 0.0709. The maximum atomic E-state index is 12.7. The molecule has 0 saturated carbocycles. The fraction of sp³-hybridized carbons (Fsp3) is 0.450. The van der Waals surface area contributed by atoms with Gasteiger partial charge in [-0.25, -0.2) is 0 Å². The first kappa shape index (κ1) is 17.9. The van der Waals surface area contributed by atoms with Gasteiger partial charge in [0.1, 0.15) is 4.60 Å². The zero-order chi connectivity index (χ0) is 19.1. The van der Waals surface area contributed by atoms with Crippen LogP contribution in [0.2, 0.25) is 0 Å². The highest BCUT2D eigenvalue weighted by Gasteiger charge is 2.30. The standard InChI is InChI=1S/C20H22BrN5O2/c21-19-17-15(22-23-19)7-10-26(20(17)27)12-11-25-8-5-13(6-9-25)18-14-3-1-2-4-16(14)28-24-18/h1-4,13H,5-12H2,(H,22,23). The minimum atomic E-state index is 0.0748. The van der Waals surface area contributed by atoms with Crippen LogP contribution in [0, 0.1) is 0 Å². The number of carbonyl (C=O) groups excluding carboxylic acids is 1. The molecule has 2 aromatic heterocycles. The van der Waals surface area contributed by atoms with Crippen LogP contribution in [-0.4, -0.2) is 63.8 Å². The third-order valence-corrected chi connectivity index (χ3v) is 6.57. The predicted molar refractivity (Wildman–Crippen MR) is 108 cm³/mol. The molecule has 5 rings (SSSR count). The number of nitrogens with zero attached hydrogens (tertiary/aromatic N) is 4. The van der Waals surface area contributed by atoms with E-state index in [0.717, 1.165) is 74.3 Å². The van der Waals surface area contributed by atoms with Gasteiger partial charge in [-0.15, -0.1) is 0 Å². The van der Waals surface area contributed by atoms with Gasteiger partial charge in [0.15, 0.2) is 5.58 Å². The zero-order valence-electron chi connectivity index (χ0n) is 15.5. The SMILES string of the molecule is O=C1c2c(Br)n[nH]c2CCN1CCN1CCC(c2noc3ccccc23)CC1. The first-order valence-corrected chi connectivity index (χ1v) is 10.6. The fourth-order valence-electron chi connectivity index (χ4n) is 4.36. The van der Waals surface area contributed by atoms with Crippen LogP contribution in [0.25, 0.3) is 11.0 Å². The van der Waals surface area contributed by atoms with Gasteiger partial charge in [0.2, 0.25) is 0 Å². The number of piperidine rings is 1. The van der Waals surface area contributed by atoms with E-state index >= 15 is 0 Å². The molecule has 1 amide bonds. The second-order valence-corrected chi connectivity index (χ2v) is 8.34. The van der Waals surface area contributed by atoms with E-state index in [1.54, 1.807) is 0 Å². The molecule has 146 valence electrons. The summed E-state index contributed by atoms with van der Waals surface area (Å²) in [6.07, 6.45) is 2.98. The third kappa shape index (κ3) is 3.14. The Morgan fingerprint density at radius 3 is 2.86 bits per heavy atom. The number of H-pyrrole nitrogens is 1. The molecule has 8 heteroatoms. The second kappa shape index (κ2) is 7.33. The normalized spacial score (nSPS) is 18.8. The number of carbonyl (C=O) groups is 1. The molecule has 0 unspecified atom stereocenters. The average molecular weight is 444 g/mol. The number of likely N-dealkylation sites (tertiary alicyclic amines) is 1. The van der Waals surface area contributed by atoms with Crippen molar-refractivity contribution < 1.29 is 9.32 Å². The number of fused-ring (bicyclic) bond motifs is 2. The van der Waals surface area contributed by atoms with Gasteiger partial charge in [-0.1, -0.05) is 17.3 Å². The van der Waals surface area contributed by atoms with Crippen LogP contribution in [0.4, 0.5) is 0 Å². The first-order valence-electron chi connectivity index (χ1n) is 9.79. The minimum Gasteiger partial charge on any atom is -0.356 e. The van der Waals surface area contributed by atoms with Crippen LogP contribution in [0.5, 0.6) is 0 Å². The number of aromatic nitrogens is 3. The zero-order valence-corrected chi connectivity index (χ0v) is 17.1. The number of hydrogen-bond acceptors (Lipinski definition) is 5. The first-order chi connectivity index (χ1) is 13.7. The quantitative estimate of drug-likeness (QED) is 0.669. The van der Waals surface area contributed by atoms with Gasteiger partial charge in [-0.05, 0) is 54.0 Å². The summed E-state index contributed by atoms with van der Waals surface area (Å²) in [5, 5.41) is 12.5. The Hall–Kier alpha value is -2.19. The second-order valence-electron chi connectivity index (χ2n) is 7.59. The summed E-state index contributed by atoms with van der Waals surface area (Å²) in [4.78, 5) is 17.1. The summed E-state index contributed by atoms with van der Waals surface area (Å²) in [6, 6.07) is 8.09. The van der Waals surface area contributed by atoms with Gasteiger partial charge in [0.25, 0.3) is 5.91 Å². The van der Waals surface area contributed by atoms with Crippen molar-refractivity contribution in [2.75, 3.05) is 32.7 Å².